The molecule has 0 radical (unpaired) electrons. The standard InChI is InChI=1S/C15H25N3O2/c1-12(16)15(11-19)18-8-6-17(7-9-18)13-4-3-5-14(10-13)20-2/h3-5,10,12,15,19H,6-9,11,16H2,1-2H3. The fourth-order valence-corrected chi connectivity index (χ4v) is 2.73. The Balaban J connectivity index is 1.96. The van der Waals surface area contributed by atoms with Crippen molar-refractivity contribution in [2.45, 2.75) is 19.0 Å². The summed E-state index contributed by atoms with van der Waals surface area (Å²) in [5, 5.41) is 9.45. The smallest absolute Gasteiger partial charge is 0.120 e. The van der Waals surface area contributed by atoms with Crippen LogP contribution in [0.25, 0.3) is 0 Å². The summed E-state index contributed by atoms with van der Waals surface area (Å²) in [5.41, 5.74) is 7.12. The second kappa shape index (κ2) is 6.92. The highest BCUT2D eigenvalue weighted by molar-refractivity contribution is 5.51. The zero-order valence-corrected chi connectivity index (χ0v) is 12.3. The van der Waals surface area contributed by atoms with Crippen LogP contribution >= 0.6 is 0 Å². The normalized spacial score (nSPS) is 19.7. The second-order valence-corrected chi connectivity index (χ2v) is 5.33. The van der Waals surface area contributed by atoms with Crippen LogP contribution in [0.5, 0.6) is 5.75 Å². The van der Waals surface area contributed by atoms with E-state index in [2.05, 4.69) is 21.9 Å². The van der Waals surface area contributed by atoms with Crippen molar-refractivity contribution in [1.29, 1.82) is 0 Å². The van der Waals surface area contributed by atoms with Crippen LogP contribution < -0.4 is 15.4 Å². The second-order valence-electron chi connectivity index (χ2n) is 5.33. The predicted molar refractivity (Wildman–Crippen MR) is 81.3 cm³/mol. The van der Waals surface area contributed by atoms with Gasteiger partial charge in [-0.15, -0.1) is 0 Å². The number of rotatable bonds is 5. The molecule has 2 unspecified atom stereocenters. The van der Waals surface area contributed by atoms with Gasteiger partial charge in [0.15, 0.2) is 0 Å². The van der Waals surface area contributed by atoms with Crippen molar-refractivity contribution in [2.75, 3.05) is 44.8 Å². The van der Waals surface area contributed by atoms with Crippen LogP contribution in [0.1, 0.15) is 6.92 Å². The Morgan fingerprint density at radius 1 is 1.30 bits per heavy atom. The van der Waals surface area contributed by atoms with Crippen molar-refractivity contribution in [3.63, 3.8) is 0 Å². The number of hydrogen-bond acceptors (Lipinski definition) is 5. The highest BCUT2D eigenvalue weighted by Gasteiger charge is 2.25. The van der Waals surface area contributed by atoms with Crippen molar-refractivity contribution < 1.29 is 9.84 Å². The van der Waals surface area contributed by atoms with Crippen LogP contribution in [0.2, 0.25) is 0 Å². The maximum Gasteiger partial charge on any atom is 0.120 e. The first-order valence-corrected chi connectivity index (χ1v) is 7.15. The lowest BCUT2D eigenvalue weighted by atomic mass is 10.1. The molecule has 0 amide bonds. The van der Waals surface area contributed by atoms with Gasteiger partial charge in [-0.1, -0.05) is 6.07 Å². The van der Waals surface area contributed by atoms with Crippen molar-refractivity contribution in [3.8, 4) is 5.75 Å². The minimum absolute atomic E-state index is 0.0108. The number of nitrogens with two attached hydrogens (primary N) is 1. The molecule has 112 valence electrons. The predicted octanol–water partition coefficient (Wildman–Crippen LogP) is 0.525. The minimum atomic E-state index is -0.0108. The molecule has 0 spiro atoms. The maximum atomic E-state index is 9.45. The number of ether oxygens (including phenoxy) is 1. The fourth-order valence-electron chi connectivity index (χ4n) is 2.73. The van der Waals surface area contributed by atoms with Crippen molar-refractivity contribution >= 4 is 5.69 Å². The average Bonchev–Trinajstić information content (AvgIpc) is 2.48. The molecule has 1 fully saturated rings. The van der Waals surface area contributed by atoms with Gasteiger partial charge in [-0.2, -0.15) is 0 Å². The zero-order chi connectivity index (χ0) is 14.5. The maximum absolute atomic E-state index is 9.45. The van der Waals surface area contributed by atoms with Gasteiger partial charge in [-0.05, 0) is 19.1 Å². The molecule has 3 N–H and O–H groups in total. The molecule has 0 aliphatic carbocycles. The molecular formula is C15H25N3O2. The molecule has 20 heavy (non-hydrogen) atoms. The third-order valence-electron chi connectivity index (χ3n) is 4.00. The van der Waals surface area contributed by atoms with E-state index in [9.17, 15) is 5.11 Å². The van der Waals surface area contributed by atoms with E-state index in [1.807, 2.05) is 19.1 Å². The minimum Gasteiger partial charge on any atom is -0.497 e. The number of piperazine rings is 1. The highest BCUT2D eigenvalue weighted by Crippen LogP contribution is 2.22. The summed E-state index contributed by atoms with van der Waals surface area (Å²) in [6.45, 7) is 5.80. The molecule has 1 heterocycles. The number of aliphatic hydroxyl groups is 1. The first-order valence-electron chi connectivity index (χ1n) is 7.15. The van der Waals surface area contributed by atoms with Crippen molar-refractivity contribution in [1.82, 2.24) is 4.90 Å². The lowest BCUT2D eigenvalue weighted by Crippen LogP contribution is -2.56. The van der Waals surface area contributed by atoms with Gasteiger partial charge < -0.3 is 20.5 Å². The largest absolute Gasteiger partial charge is 0.497 e. The zero-order valence-electron chi connectivity index (χ0n) is 12.3. The van der Waals surface area contributed by atoms with Gasteiger partial charge in [0.1, 0.15) is 5.75 Å². The van der Waals surface area contributed by atoms with Gasteiger partial charge in [0.25, 0.3) is 0 Å². The van der Waals surface area contributed by atoms with Crippen LogP contribution in [0.3, 0.4) is 0 Å². The van der Waals surface area contributed by atoms with Crippen LogP contribution in [-0.4, -0.2) is 62.0 Å². The quantitative estimate of drug-likeness (QED) is 0.823. The summed E-state index contributed by atoms with van der Waals surface area (Å²) in [7, 11) is 1.69. The monoisotopic (exact) mass is 279 g/mol. The Labute approximate surface area is 120 Å². The third kappa shape index (κ3) is 3.42. The van der Waals surface area contributed by atoms with E-state index < -0.39 is 0 Å². The summed E-state index contributed by atoms with van der Waals surface area (Å²) in [6.07, 6.45) is 0. The molecule has 1 saturated heterocycles. The lowest BCUT2D eigenvalue weighted by molar-refractivity contribution is 0.102. The number of benzene rings is 1. The molecule has 5 nitrogen and oxygen atoms in total. The molecular weight excluding hydrogens is 254 g/mol. The Morgan fingerprint density at radius 3 is 2.55 bits per heavy atom. The molecule has 0 saturated carbocycles. The molecule has 1 aliphatic heterocycles. The number of hydrogen-bond donors (Lipinski definition) is 2. The SMILES string of the molecule is COc1cccc(N2CCN(C(CO)C(C)N)CC2)c1. The van der Waals surface area contributed by atoms with Gasteiger partial charge in [0.05, 0.1) is 13.7 Å². The Kier molecular flexibility index (Phi) is 5.23. The van der Waals surface area contributed by atoms with Gasteiger partial charge in [0, 0.05) is 50.0 Å². The van der Waals surface area contributed by atoms with Gasteiger partial charge in [-0.3, -0.25) is 4.90 Å². The van der Waals surface area contributed by atoms with Gasteiger partial charge in [-0.25, -0.2) is 0 Å². The molecule has 1 aromatic rings. The molecule has 0 bridgehead atoms. The van der Waals surface area contributed by atoms with Crippen molar-refractivity contribution in [2.24, 2.45) is 5.73 Å². The van der Waals surface area contributed by atoms with E-state index in [0.717, 1.165) is 31.9 Å². The Bertz CT molecular complexity index is 417. The first-order chi connectivity index (χ1) is 9.65. The summed E-state index contributed by atoms with van der Waals surface area (Å²) >= 11 is 0. The summed E-state index contributed by atoms with van der Waals surface area (Å²) in [5.74, 6) is 0.883. The van der Waals surface area contributed by atoms with E-state index in [1.165, 1.54) is 5.69 Å². The fraction of sp³-hybridized carbons (Fsp3) is 0.600. The Morgan fingerprint density at radius 2 is 2.00 bits per heavy atom. The number of aliphatic hydroxyl groups excluding tert-OH is 1. The Hall–Kier alpha value is -1.30. The summed E-state index contributed by atoms with van der Waals surface area (Å²) in [6, 6.07) is 8.18. The third-order valence-corrected chi connectivity index (χ3v) is 4.00. The van der Waals surface area contributed by atoms with E-state index in [4.69, 9.17) is 10.5 Å². The number of methoxy groups -OCH3 is 1. The number of anilines is 1. The molecule has 2 atom stereocenters. The van der Waals surface area contributed by atoms with E-state index >= 15 is 0 Å². The topological polar surface area (TPSA) is 62.0 Å². The molecule has 0 aromatic heterocycles. The van der Waals surface area contributed by atoms with Crippen molar-refractivity contribution in [3.05, 3.63) is 24.3 Å². The average molecular weight is 279 g/mol. The van der Waals surface area contributed by atoms with Gasteiger partial charge in [0.2, 0.25) is 0 Å². The van der Waals surface area contributed by atoms with Crippen LogP contribution in [-0.2, 0) is 0 Å². The number of nitrogens with zero attached hydrogens (tertiary/aromatic N) is 2. The highest BCUT2D eigenvalue weighted by atomic mass is 16.5. The first kappa shape index (κ1) is 15.1. The van der Waals surface area contributed by atoms with E-state index in [1.54, 1.807) is 7.11 Å². The van der Waals surface area contributed by atoms with Gasteiger partial charge >= 0.3 is 0 Å². The van der Waals surface area contributed by atoms with Crippen LogP contribution in [0.15, 0.2) is 24.3 Å². The molecule has 1 aliphatic rings. The molecule has 5 heteroatoms. The molecule has 2 rings (SSSR count). The van der Waals surface area contributed by atoms with Crippen LogP contribution in [0, 0.1) is 0 Å². The van der Waals surface area contributed by atoms with Crippen LogP contribution in [0.4, 0.5) is 5.69 Å². The molecule has 1 aromatic carbocycles. The van der Waals surface area contributed by atoms with E-state index in [0.29, 0.717) is 0 Å². The van der Waals surface area contributed by atoms with E-state index in [-0.39, 0.29) is 18.7 Å². The summed E-state index contributed by atoms with van der Waals surface area (Å²) in [4.78, 5) is 4.62. The summed E-state index contributed by atoms with van der Waals surface area (Å²) < 4.78 is 5.27. The lowest BCUT2D eigenvalue weighted by Gasteiger charge is -2.41.